The van der Waals surface area contributed by atoms with Crippen molar-refractivity contribution in [3.05, 3.63) is 76.3 Å². The highest BCUT2D eigenvalue weighted by Crippen LogP contribution is 2.75. The lowest BCUT2D eigenvalue weighted by molar-refractivity contribution is -0.856. The maximum absolute atomic E-state index is 14.9. The molecule has 5 aliphatic carbocycles. The number of aliphatic hydroxyl groups is 2. The number of ketones is 2. The molecular formula is C51H68N2O6. The van der Waals surface area contributed by atoms with Crippen LogP contribution in [0.3, 0.4) is 0 Å². The summed E-state index contributed by atoms with van der Waals surface area (Å²) in [6.45, 7) is 20.1. The van der Waals surface area contributed by atoms with E-state index in [1.54, 1.807) is 0 Å². The Hall–Kier alpha value is -3.17. The molecule has 5 fully saturated rings. The summed E-state index contributed by atoms with van der Waals surface area (Å²) in [6.07, 6.45) is 13.8. The van der Waals surface area contributed by atoms with E-state index in [2.05, 4.69) is 65.1 Å². The van der Waals surface area contributed by atoms with Crippen LogP contribution in [0.1, 0.15) is 129 Å². The van der Waals surface area contributed by atoms with Crippen LogP contribution in [-0.4, -0.2) is 64.0 Å². The van der Waals surface area contributed by atoms with E-state index in [-0.39, 0.29) is 58.0 Å². The fourth-order valence-electron chi connectivity index (χ4n) is 15.5. The van der Waals surface area contributed by atoms with Crippen LogP contribution in [0.2, 0.25) is 0 Å². The molecule has 8 nitrogen and oxygen atoms in total. The number of hydrogen-bond acceptors (Lipinski definition) is 7. The Bertz CT molecular complexity index is 2100. The molecule has 3 heterocycles. The maximum atomic E-state index is 14.9. The van der Waals surface area contributed by atoms with E-state index in [0.29, 0.717) is 43.1 Å². The van der Waals surface area contributed by atoms with Gasteiger partial charge in [-0.3, -0.25) is 19.5 Å². The second-order valence-electron chi connectivity index (χ2n) is 22.0. The number of epoxide rings is 1. The van der Waals surface area contributed by atoms with Crippen LogP contribution >= 0.6 is 0 Å². The van der Waals surface area contributed by atoms with Gasteiger partial charge in [0.05, 0.1) is 35.8 Å². The molecule has 1 saturated heterocycles. The molecule has 0 amide bonds. The summed E-state index contributed by atoms with van der Waals surface area (Å²) in [6, 6.07) is 6.11. The quantitative estimate of drug-likeness (QED) is 0.192. The number of aliphatic imine (C=N–C) groups is 1. The third-order valence-electron chi connectivity index (χ3n) is 18.3. The van der Waals surface area contributed by atoms with Crippen molar-refractivity contribution < 1.29 is 34.5 Å². The van der Waals surface area contributed by atoms with Crippen molar-refractivity contribution in [1.82, 2.24) is 0 Å². The molecule has 8 heteroatoms. The lowest BCUT2D eigenvalue weighted by Gasteiger charge is -2.70. The molecule has 1 aromatic carbocycles. The summed E-state index contributed by atoms with van der Waals surface area (Å²) in [4.78, 5) is 35.1. The Morgan fingerprint density at radius 1 is 1.03 bits per heavy atom. The first-order valence-corrected chi connectivity index (χ1v) is 22.9. The predicted molar refractivity (Wildman–Crippen MR) is 228 cm³/mol. The van der Waals surface area contributed by atoms with Crippen LogP contribution in [0.5, 0.6) is 0 Å². The zero-order valence-corrected chi connectivity index (χ0v) is 37.0. The van der Waals surface area contributed by atoms with Gasteiger partial charge >= 0.3 is 0 Å². The fraction of sp³-hybridized carbons (Fsp3) is 0.667. The summed E-state index contributed by atoms with van der Waals surface area (Å²) in [5.74, 6) is 0.393. The second-order valence-corrected chi connectivity index (χ2v) is 22.0. The molecule has 9 rings (SSSR count). The van der Waals surface area contributed by atoms with Crippen LogP contribution in [0.15, 0.2) is 64.6 Å². The predicted octanol–water partition coefficient (Wildman–Crippen LogP) is 6.55. The highest BCUT2D eigenvalue weighted by molar-refractivity contribution is 6.17. The van der Waals surface area contributed by atoms with Gasteiger partial charge in [0.1, 0.15) is 23.8 Å². The standard InChI is InChI=1S/C51H68N2O6/c1-28-20-29(2)22-31(21-28)35(27-54)33-25-53(36-16-19-52-43(33)36)26-34-42-41(30(3)23-37(55)46-47(4,5)59-46)38(56)24-50(42,8)49(7)18-14-39-48(6,45(49)44(34)58)17-15-40(57)51(39,9)32-12-10-11-13-32/h16,19-22,25,27,30,32,34,36-37,39,44-46,54-55,58H,10-15,17-18,23-24,26H2,1-9H3. The number of nitrogens with one attached hydrogen (secondary N) is 1. The SMILES string of the molecule is Cc1cc(C)cc(C(=C[O-])C2=C[NH+](CC3C4=C(C(C)CC(O)C5OC5(C)C)C(=O)CC4(C)C4(C)CCC5C(C)(CCC(=O)C5(C)C5CCCC5)C4C3O)C3C=CN=C23)c1. The molecule has 59 heavy (non-hydrogen) atoms. The number of quaternary nitrogens is 1. The van der Waals surface area contributed by atoms with Crippen LogP contribution in [0, 0.1) is 65.1 Å². The highest BCUT2D eigenvalue weighted by Gasteiger charge is 2.73. The number of aryl methyl sites for hydroxylation is 2. The zero-order chi connectivity index (χ0) is 42.2. The normalized spacial score (nSPS) is 42.3. The number of aliphatic hydroxyl groups excluding tert-OH is 2. The Kier molecular flexibility index (Phi) is 9.72. The first-order valence-electron chi connectivity index (χ1n) is 22.9. The number of carbonyl (C=O) groups is 2. The number of hydrogen-bond donors (Lipinski definition) is 3. The van der Waals surface area contributed by atoms with Crippen LogP contribution < -0.4 is 10.0 Å². The number of allylic oxidation sites excluding steroid dienone is 2. The third kappa shape index (κ3) is 5.92. The molecule has 318 valence electrons. The molecule has 0 bridgehead atoms. The van der Waals surface area contributed by atoms with Crippen LogP contribution in [0.25, 0.3) is 5.57 Å². The second kappa shape index (κ2) is 13.9. The van der Waals surface area contributed by atoms with E-state index in [9.17, 15) is 24.9 Å². The summed E-state index contributed by atoms with van der Waals surface area (Å²) < 4.78 is 5.87. The number of fused-ring (bicyclic) bond motifs is 6. The average Bonchev–Trinajstić information content (AvgIpc) is 3.74. The van der Waals surface area contributed by atoms with Crippen LogP contribution in [0.4, 0.5) is 0 Å². The molecule has 8 aliphatic rings. The molecule has 0 radical (unpaired) electrons. The van der Waals surface area contributed by atoms with Crippen molar-refractivity contribution in [2.75, 3.05) is 6.54 Å². The smallest absolute Gasteiger partial charge is 0.160 e. The Morgan fingerprint density at radius 3 is 2.36 bits per heavy atom. The number of nitrogens with zero attached hydrogens (tertiary/aromatic N) is 1. The van der Waals surface area contributed by atoms with Crippen molar-refractivity contribution >= 4 is 22.9 Å². The van der Waals surface area contributed by atoms with Crippen molar-refractivity contribution in [3.8, 4) is 0 Å². The van der Waals surface area contributed by atoms with E-state index in [0.717, 1.165) is 82.4 Å². The van der Waals surface area contributed by atoms with Crippen molar-refractivity contribution in [3.63, 3.8) is 0 Å². The number of ether oxygens (including phenoxy) is 1. The summed E-state index contributed by atoms with van der Waals surface area (Å²) >= 11 is 0. The molecule has 4 saturated carbocycles. The van der Waals surface area contributed by atoms with E-state index in [1.165, 1.54) is 12.8 Å². The van der Waals surface area contributed by atoms with Gasteiger partial charge in [0.15, 0.2) is 11.8 Å². The molecule has 1 aromatic rings. The van der Waals surface area contributed by atoms with Gasteiger partial charge in [0.2, 0.25) is 0 Å². The molecule has 13 atom stereocenters. The Balaban J connectivity index is 1.16. The largest absolute Gasteiger partial charge is 0.877 e. The van der Waals surface area contributed by atoms with Gasteiger partial charge < -0.3 is 20.1 Å². The molecule has 0 aromatic heterocycles. The molecule has 13 unspecified atom stereocenters. The van der Waals surface area contributed by atoms with Crippen molar-refractivity contribution in [2.24, 2.45) is 56.2 Å². The number of carbonyl (C=O) groups excluding carboxylic acids is 2. The fourth-order valence-corrected chi connectivity index (χ4v) is 15.5. The van der Waals surface area contributed by atoms with Gasteiger partial charge in [0.25, 0.3) is 0 Å². The molecule has 3 N–H and O–H groups in total. The van der Waals surface area contributed by atoms with E-state index >= 15 is 0 Å². The Labute approximate surface area is 352 Å². The van der Waals surface area contributed by atoms with Gasteiger partial charge in [-0.15, -0.1) is 6.26 Å². The third-order valence-corrected chi connectivity index (χ3v) is 18.3. The van der Waals surface area contributed by atoms with Crippen molar-refractivity contribution in [2.45, 2.75) is 156 Å². The molecular weight excluding hydrogens is 737 g/mol. The van der Waals surface area contributed by atoms with Gasteiger partial charge in [-0.25, -0.2) is 0 Å². The van der Waals surface area contributed by atoms with E-state index in [4.69, 9.17) is 9.73 Å². The maximum Gasteiger partial charge on any atom is 0.160 e. The number of Topliss-reactive ketones (excluding diaryl/α,β-unsaturated/α-hetero) is 2. The van der Waals surface area contributed by atoms with Gasteiger partial charge in [-0.05, 0) is 129 Å². The van der Waals surface area contributed by atoms with E-state index < -0.39 is 23.0 Å². The zero-order valence-electron chi connectivity index (χ0n) is 37.0. The van der Waals surface area contributed by atoms with Gasteiger partial charge in [0, 0.05) is 29.9 Å². The minimum Gasteiger partial charge on any atom is -0.877 e. The lowest BCUT2D eigenvalue weighted by Crippen LogP contribution is -3.11. The topological polar surface area (TPSA) is 127 Å². The van der Waals surface area contributed by atoms with Crippen LogP contribution in [-0.2, 0) is 14.3 Å². The monoisotopic (exact) mass is 805 g/mol. The lowest BCUT2D eigenvalue weighted by atomic mass is 9.34. The number of benzene rings is 1. The number of rotatable bonds is 9. The Morgan fingerprint density at radius 2 is 1.71 bits per heavy atom. The molecule has 0 spiro atoms. The first-order chi connectivity index (χ1) is 27.8. The van der Waals surface area contributed by atoms with Gasteiger partial charge in [-0.2, -0.15) is 0 Å². The highest BCUT2D eigenvalue weighted by atomic mass is 16.6. The van der Waals surface area contributed by atoms with Crippen molar-refractivity contribution in [1.29, 1.82) is 0 Å². The summed E-state index contributed by atoms with van der Waals surface area (Å²) in [5, 5.41) is 38.0. The minimum atomic E-state index is -0.759. The summed E-state index contributed by atoms with van der Waals surface area (Å²) in [7, 11) is 0. The average molecular weight is 805 g/mol. The first kappa shape index (κ1) is 41.2. The molecule has 3 aliphatic heterocycles. The van der Waals surface area contributed by atoms with E-state index in [1.807, 2.05) is 33.9 Å². The van der Waals surface area contributed by atoms with Gasteiger partial charge in [-0.1, -0.05) is 76.8 Å². The minimum absolute atomic E-state index is 0.125. The summed E-state index contributed by atoms with van der Waals surface area (Å²) in [5.41, 5.74) is 5.24.